The van der Waals surface area contributed by atoms with E-state index in [-0.39, 0.29) is 17.2 Å². The largest absolute Gasteiger partial charge is 0.504 e. The summed E-state index contributed by atoms with van der Waals surface area (Å²) in [5.74, 6) is 0.158. The molecule has 1 heterocycles. The molecule has 0 saturated heterocycles. The molecule has 0 fully saturated rings. The molecular formula is C15H16N2O5. The first kappa shape index (κ1) is 15.4. The molecule has 0 saturated carbocycles. The lowest BCUT2D eigenvalue weighted by Crippen LogP contribution is -2.17. The Labute approximate surface area is 126 Å². The van der Waals surface area contributed by atoms with Crippen LogP contribution < -0.4 is 10.2 Å². The Hall–Kier alpha value is -2.96. The zero-order valence-electron chi connectivity index (χ0n) is 12.4. The van der Waals surface area contributed by atoms with Crippen LogP contribution in [0.15, 0.2) is 27.7 Å². The standard InChI is InChI=1S/C15H16N2O5/c1-8-4-11(9(2)22-8)15(20)17-16-7-10-5-12(18)14(19)13(6-10)21-3/h4-7,18-19H,1-3H3,(H,17,20)/b16-7+. The molecule has 0 atom stereocenters. The number of phenolic OH excluding ortho intramolecular Hbond substituents is 2. The van der Waals surface area contributed by atoms with Crippen molar-refractivity contribution >= 4 is 12.1 Å². The number of benzene rings is 1. The van der Waals surface area contributed by atoms with Crippen LogP contribution in [0.1, 0.15) is 27.4 Å². The maximum Gasteiger partial charge on any atom is 0.274 e. The van der Waals surface area contributed by atoms with Crippen LogP contribution >= 0.6 is 0 Å². The third-order valence-electron chi connectivity index (χ3n) is 2.96. The number of aromatic hydroxyl groups is 2. The number of hydrazone groups is 1. The number of nitrogens with zero attached hydrogens (tertiary/aromatic N) is 1. The van der Waals surface area contributed by atoms with Gasteiger partial charge in [0.25, 0.3) is 5.91 Å². The van der Waals surface area contributed by atoms with Gasteiger partial charge in [-0.2, -0.15) is 5.10 Å². The molecule has 0 aliphatic heterocycles. The number of methoxy groups -OCH3 is 1. The summed E-state index contributed by atoms with van der Waals surface area (Å²) in [4.78, 5) is 11.9. The predicted octanol–water partition coefficient (Wildman–Crippen LogP) is 2.08. The highest BCUT2D eigenvalue weighted by Gasteiger charge is 2.12. The first-order valence-electron chi connectivity index (χ1n) is 6.42. The zero-order chi connectivity index (χ0) is 16.3. The lowest BCUT2D eigenvalue weighted by atomic mass is 10.2. The van der Waals surface area contributed by atoms with Gasteiger partial charge in [-0.3, -0.25) is 4.79 Å². The summed E-state index contributed by atoms with van der Waals surface area (Å²) in [6, 6.07) is 4.38. The Morgan fingerprint density at radius 1 is 1.32 bits per heavy atom. The van der Waals surface area contributed by atoms with Crippen molar-refractivity contribution in [1.82, 2.24) is 5.43 Å². The van der Waals surface area contributed by atoms with Crippen LogP contribution in [0.3, 0.4) is 0 Å². The van der Waals surface area contributed by atoms with Crippen molar-refractivity contribution in [2.45, 2.75) is 13.8 Å². The third kappa shape index (κ3) is 3.20. The van der Waals surface area contributed by atoms with Gasteiger partial charge in [0.05, 0.1) is 18.9 Å². The molecule has 1 amide bonds. The van der Waals surface area contributed by atoms with Crippen molar-refractivity contribution in [3.8, 4) is 17.2 Å². The third-order valence-corrected chi connectivity index (χ3v) is 2.96. The van der Waals surface area contributed by atoms with Crippen molar-refractivity contribution in [1.29, 1.82) is 0 Å². The Balaban J connectivity index is 2.11. The van der Waals surface area contributed by atoms with Crippen LogP contribution in [0.2, 0.25) is 0 Å². The fourth-order valence-electron chi connectivity index (χ4n) is 1.93. The van der Waals surface area contributed by atoms with E-state index in [1.807, 2.05) is 0 Å². The minimum absolute atomic E-state index is 0.106. The average molecular weight is 304 g/mol. The molecule has 0 aliphatic carbocycles. The lowest BCUT2D eigenvalue weighted by Gasteiger charge is -2.06. The second kappa shape index (κ2) is 6.21. The molecule has 1 aromatic carbocycles. The normalized spacial score (nSPS) is 10.9. The quantitative estimate of drug-likeness (QED) is 0.456. The minimum Gasteiger partial charge on any atom is -0.504 e. The predicted molar refractivity (Wildman–Crippen MR) is 79.6 cm³/mol. The van der Waals surface area contributed by atoms with Gasteiger partial charge in [0, 0.05) is 5.56 Å². The van der Waals surface area contributed by atoms with Crippen molar-refractivity contribution in [2.24, 2.45) is 5.10 Å². The molecular weight excluding hydrogens is 288 g/mol. The average Bonchev–Trinajstić information content (AvgIpc) is 2.81. The molecule has 2 rings (SSSR count). The van der Waals surface area contributed by atoms with Gasteiger partial charge in [-0.15, -0.1) is 0 Å². The fraction of sp³-hybridized carbons (Fsp3) is 0.200. The number of carbonyl (C=O) groups excluding carboxylic acids is 1. The summed E-state index contributed by atoms with van der Waals surface area (Å²) < 4.78 is 10.2. The lowest BCUT2D eigenvalue weighted by molar-refractivity contribution is 0.0953. The van der Waals surface area contributed by atoms with Gasteiger partial charge >= 0.3 is 0 Å². The van der Waals surface area contributed by atoms with Gasteiger partial charge in [-0.25, -0.2) is 5.43 Å². The molecule has 0 spiro atoms. The van der Waals surface area contributed by atoms with E-state index in [4.69, 9.17) is 9.15 Å². The van der Waals surface area contributed by atoms with Crippen LogP contribution in [-0.4, -0.2) is 29.4 Å². The van der Waals surface area contributed by atoms with Crippen LogP contribution in [0.4, 0.5) is 0 Å². The molecule has 116 valence electrons. The number of hydrogen-bond acceptors (Lipinski definition) is 6. The molecule has 7 nitrogen and oxygen atoms in total. The number of amides is 1. The van der Waals surface area contributed by atoms with E-state index < -0.39 is 5.91 Å². The molecule has 2 aromatic rings. The first-order valence-corrected chi connectivity index (χ1v) is 6.42. The van der Waals surface area contributed by atoms with E-state index in [1.165, 1.54) is 25.5 Å². The molecule has 0 bridgehead atoms. The molecule has 22 heavy (non-hydrogen) atoms. The summed E-state index contributed by atoms with van der Waals surface area (Å²) >= 11 is 0. The number of furan rings is 1. The van der Waals surface area contributed by atoms with Gasteiger partial charge < -0.3 is 19.4 Å². The van der Waals surface area contributed by atoms with Gasteiger partial charge in [-0.1, -0.05) is 0 Å². The molecule has 3 N–H and O–H groups in total. The Morgan fingerprint density at radius 3 is 2.64 bits per heavy atom. The monoisotopic (exact) mass is 304 g/mol. The highest BCUT2D eigenvalue weighted by Crippen LogP contribution is 2.35. The SMILES string of the molecule is COc1cc(/C=N/NC(=O)c2cc(C)oc2C)cc(O)c1O. The molecule has 0 aliphatic rings. The van der Waals surface area contributed by atoms with E-state index in [9.17, 15) is 15.0 Å². The number of aryl methyl sites for hydroxylation is 2. The van der Waals surface area contributed by atoms with E-state index in [0.717, 1.165) is 0 Å². The van der Waals surface area contributed by atoms with Crippen LogP contribution in [-0.2, 0) is 0 Å². The summed E-state index contributed by atoms with van der Waals surface area (Å²) in [6.07, 6.45) is 1.32. The molecule has 7 heteroatoms. The first-order chi connectivity index (χ1) is 10.4. The maximum absolute atomic E-state index is 11.9. The summed E-state index contributed by atoms with van der Waals surface area (Å²) in [5.41, 5.74) is 3.21. The van der Waals surface area contributed by atoms with Gasteiger partial charge in [-0.05, 0) is 32.0 Å². The van der Waals surface area contributed by atoms with Crippen LogP contribution in [0.5, 0.6) is 17.2 Å². The van der Waals surface area contributed by atoms with E-state index in [1.54, 1.807) is 19.9 Å². The van der Waals surface area contributed by atoms with E-state index >= 15 is 0 Å². The van der Waals surface area contributed by atoms with Gasteiger partial charge in [0.15, 0.2) is 11.5 Å². The number of carbonyl (C=O) groups is 1. The topological polar surface area (TPSA) is 104 Å². The number of phenols is 2. The number of rotatable bonds is 4. The minimum atomic E-state index is -0.402. The van der Waals surface area contributed by atoms with Gasteiger partial charge in [0.2, 0.25) is 5.75 Å². The maximum atomic E-state index is 11.9. The summed E-state index contributed by atoms with van der Waals surface area (Å²) in [5, 5.41) is 22.9. The highest BCUT2D eigenvalue weighted by atomic mass is 16.5. The Morgan fingerprint density at radius 2 is 2.05 bits per heavy atom. The summed E-state index contributed by atoms with van der Waals surface area (Å²) in [6.45, 7) is 3.44. The fourth-order valence-corrected chi connectivity index (χ4v) is 1.93. The second-order valence-electron chi connectivity index (χ2n) is 4.62. The highest BCUT2D eigenvalue weighted by molar-refractivity contribution is 5.96. The Kier molecular flexibility index (Phi) is 4.36. The number of hydrogen-bond donors (Lipinski definition) is 3. The zero-order valence-corrected chi connectivity index (χ0v) is 12.4. The van der Waals surface area contributed by atoms with E-state index in [2.05, 4.69) is 10.5 Å². The van der Waals surface area contributed by atoms with Crippen LogP contribution in [0, 0.1) is 13.8 Å². The van der Waals surface area contributed by atoms with Crippen molar-refractivity contribution in [2.75, 3.05) is 7.11 Å². The Bertz CT molecular complexity index is 734. The number of nitrogens with one attached hydrogen (secondary N) is 1. The van der Waals surface area contributed by atoms with Crippen molar-refractivity contribution < 1.29 is 24.2 Å². The smallest absolute Gasteiger partial charge is 0.274 e. The van der Waals surface area contributed by atoms with Crippen molar-refractivity contribution in [3.05, 3.63) is 40.8 Å². The van der Waals surface area contributed by atoms with Gasteiger partial charge in [0.1, 0.15) is 11.5 Å². The number of ether oxygens (including phenoxy) is 1. The summed E-state index contributed by atoms with van der Waals surface area (Å²) in [7, 11) is 1.36. The molecule has 0 radical (unpaired) electrons. The van der Waals surface area contributed by atoms with Crippen molar-refractivity contribution in [3.63, 3.8) is 0 Å². The second-order valence-corrected chi connectivity index (χ2v) is 4.62. The van der Waals surface area contributed by atoms with Crippen LogP contribution in [0.25, 0.3) is 0 Å². The van der Waals surface area contributed by atoms with E-state index in [0.29, 0.717) is 22.6 Å². The molecule has 0 unspecified atom stereocenters. The molecule has 1 aromatic heterocycles.